The minimum absolute atomic E-state index is 0.0866. The summed E-state index contributed by atoms with van der Waals surface area (Å²) in [5, 5.41) is 15.0. The molecular formula is C20H18N6O3. The molecule has 3 aromatic rings. The van der Waals surface area contributed by atoms with Gasteiger partial charge in [-0.05, 0) is 12.1 Å². The average molecular weight is 390 g/mol. The fourth-order valence-corrected chi connectivity index (χ4v) is 3.22. The SMILES string of the molecule is CN1CCC(O)(C#Cc2cccc(-c3nc(C(N)=O)c4cnn(C)c4n3)c2)C1=O. The maximum atomic E-state index is 12.1. The van der Waals surface area contributed by atoms with Crippen molar-refractivity contribution in [2.45, 2.75) is 12.0 Å². The molecule has 3 heterocycles. The highest BCUT2D eigenvalue weighted by Gasteiger charge is 2.42. The number of likely N-dealkylation sites (N-methyl/N-ethyl adjacent to an activating group) is 1. The molecule has 0 spiro atoms. The van der Waals surface area contributed by atoms with Gasteiger partial charge in [0.2, 0.25) is 5.60 Å². The van der Waals surface area contributed by atoms with E-state index in [9.17, 15) is 14.7 Å². The lowest BCUT2D eigenvalue weighted by Crippen LogP contribution is -2.37. The molecule has 3 N–H and O–H groups in total. The van der Waals surface area contributed by atoms with Crippen LogP contribution in [0.4, 0.5) is 0 Å². The van der Waals surface area contributed by atoms with Crippen LogP contribution >= 0.6 is 0 Å². The molecule has 146 valence electrons. The van der Waals surface area contributed by atoms with Gasteiger partial charge in [0.15, 0.2) is 11.5 Å². The summed E-state index contributed by atoms with van der Waals surface area (Å²) in [5.74, 6) is 4.76. The topological polar surface area (TPSA) is 127 Å². The van der Waals surface area contributed by atoms with Crippen LogP contribution in [0.15, 0.2) is 30.5 Å². The number of primary amides is 1. The molecule has 29 heavy (non-hydrogen) atoms. The molecule has 2 aromatic heterocycles. The number of aliphatic hydroxyl groups is 1. The molecule has 0 saturated carbocycles. The molecule has 0 radical (unpaired) electrons. The minimum atomic E-state index is -1.67. The summed E-state index contributed by atoms with van der Waals surface area (Å²) in [4.78, 5) is 34.1. The Morgan fingerprint density at radius 1 is 1.31 bits per heavy atom. The van der Waals surface area contributed by atoms with E-state index in [0.29, 0.717) is 34.5 Å². The van der Waals surface area contributed by atoms with E-state index in [4.69, 9.17) is 5.73 Å². The van der Waals surface area contributed by atoms with E-state index < -0.39 is 17.4 Å². The van der Waals surface area contributed by atoms with Crippen LogP contribution in [0, 0.1) is 11.8 Å². The number of aromatic nitrogens is 4. The summed E-state index contributed by atoms with van der Waals surface area (Å²) in [6.07, 6.45) is 1.76. The Morgan fingerprint density at radius 3 is 2.79 bits per heavy atom. The largest absolute Gasteiger partial charge is 0.369 e. The van der Waals surface area contributed by atoms with Gasteiger partial charge in [0.1, 0.15) is 5.69 Å². The number of benzene rings is 1. The van der Waals surface area contributed by atoms with E-state index >= 15 is 0 Å². The summed E-state index contributed by atoms with van der Waals surface area (Å²) >= 11 is 0. The number of nitrogens with zero attached hydrogens (tertiary/aromatic N) is 5. The minimum Gasteiger partial charge on any atom is -0.369 e. The van der Waals surface area contributed by atoms with E-state index in [1.54, 1.807) is 38.4 Å². The summed E-state index contributed by atoms with van der Waals surface area (Å²) in [6.45, 7) is 0.457. The second-order valence-electron chi connectivity index (χ2n) is 6.93. The van der Waals surface area contributed by atoms with Crippen LogP contribution in [-0.2, 0) is 11.8 Å². The molecule has 0 aliphatic carbocycles. The number of nitrogens with two attached hydrogens (primary N) is 1. The van der Waals surface area contributed by atoms with Crippen LogP contribution in [0.25, 0.3) is 22.4 Å². The third kappa shape index (κ3) is 3.19. The van der Waals surface area contributed by atoms with Crippen molar-refractivity contribution in [3.8, 4) is 23.2 Å². The van der Waals surface area contributed by atoms with Gasteiger partial charge < -0.3 is 15.7 Å². The molecule has 1 atom stereocenters. The quantitative estimate of drug-likeness (QED) is 0.596. The molecule has 0 bridgehead atoms. The highest BCUT2D eigenvalue weighted by Crippen LogP contribution is 2.23. The molecule has 2 amide bonds. The number of carbonyl (C=O) groups is 2. The Bertz CT molecular complexity index is 1220. The summed E-state index contributed by atoms with van der Waals surface area (Å²) < 4.78 is 1.54. The lowest BCUT2D eigenvalue weighted by atomic mass is 10.0. The fourth-order valence-electron chi connectivity index (χ4n) is 3.22. The van der Waals surface area contributed by atoms with Crippen LogP contribution in [0.3, 0.4) is 0 Å². The molecule has 9 nitrogen and oxygen atoms in total. The highest BCUT2D eigenvalue weighted by atomic mass is 16.3. The second-order valence-corrected chi connectivity index (χ2v) is 6.93. The molecule has 1 fully saturated rings. The zero-order valence-electron chi connectivity index (χ0n) is 15.9. The van der Waals surface area contributed by atoms with Gasteiger partial charge in [-0.3, -0.25) is 14.3 Å². The summed E-state index contributed by atoms with van der Waals surface area (Å²) in [6, 6.07) is 7.01. The van der Waals surface area contributed by atoms with E-state index in [2.05, 4.69) is 26.9 Å². The second kappa shape index (κ2) is 6.68. The lowest BCUT2D eigenvalue weighted by Gasteiger charge is -2.13. The Balaban J connectivity index is 1.76. The number of likely N-dealkylation sites (tertiary alicyclic amines) is 1. The van der Waals surface area contributed by atoms with Gasteiger partial charge in [-0.2, -0.15) is 5.10 Å². The molecule has 1 saturated heterocycles. The van der Waals surface area contributed by atoms with E-state index in [1.807, 2.05) is 0 Å². The fraction of sp³-hybridized carbons (Fsp3) is 0.250. The number of amides is 2. The molecule has 4 rings (SSSR count). The predicted octanol–water partition coefficient (Wildman–Crippen LogP) is 0.0739. The zero-order chi connectivity index (χ0) is 20.8. The molecule has 1 aromatic carbocycles. The first-order chi connectivity index (χ1) is 13.8. The Kier molecular flexibility index (Phi) is 4.28. The number of carbonyl (C=O) groups excluding carboxylic acids is 2. The van der Waals surface area contributed by atoms with Crippen molar-refractivity contribution in [3.05, 3.63) is 41.7 Å². The molecule has 9 heteroatoms. The summed E-state index contributed by atoms with van der Waals surface area (Å²) in [5.41, 5.74) is 5.56. The Morgan fingerprint density at radius 2 is 2.10 bits per heavy atom. The van der Waals surface area contributed by atoms with Crippen molar-refractivity contribution in [3.63, 3.8) is 0 Å². The van der Waals surface area contributed by atoms with Crippen molar-refractivity contribution in [2.24, 2.45) is 12.8 Å². The molecule has 1 aliphatic heterocycles. The average Bonchev–Trinajstić information content (AvgIpc) is 3.21. The van der Waals surface area contributed by atoms with Crippen LogP contribution in [0.1, 0.15) is 22.5 Å². The normalized spacial score (nSPS) is 18.7. The lowest BCUT2D eigenvalue weighted by molar-refractivity contribution is -0.137. The molecule has 1 unspecified atom stereocenters. The van der Waals surface area contributed by atoms with Crippen molar-refractivity contribution >= 4 is 22.8 Å². The smallest absolute Gasteiger partial charge is 0.268 e. The van der Waals surface area contributed by atoms with Crippen LogP contribution in [0.2, 0.25) is 0 Å². The summed E-state index contributed by atoms with van der Waals surface area (Å²) in [7, 11) is 3.34. The zero-order valence-corrected chi connectivity index (χ0v) is 15.9. The Hall–Kier alpha value is -3.77. The first-order valence-corrected chi connectivity index (χ1v) is 8.89. The monoisotopic (exact) mass is 390 g/mol. The van der Waals surface area contributed by atoms with Gasteiger partial charge in [-0.1, -0.05) is 24.0 Å². The van der Waals surface area contributed by atoms with Crippen LogP contribution in [0.5, 0.6) is 0 Å². The van der Waals surface area contributed by atoms with Gasteiger partial charge in [0, 0.05) is 38.2 Å². The predicted molar refractivity (Wildman–Crippen MR) is 104 cm³/mol. The van der Waals surface area contributed by atoms with Crippen LogP contribution < -0.4 is 5.73 Å². The molecular weight excluding hydrogens is 372 g/mol. The van der Waals surface area contributed by atoms with E-state index in [-0.39, 0.29) is 12.1 Å². The maximum Gasteiger partial charge on any atom is 0.268 e. The van der Waals surface area contributed by atoms with Crippen molar-refractivity contribution in [2.75, 3.05) is 13.6 Å². The van der Waals surface area contributed by atoms with Gasteiger partial charge in [-0.25, -0.2) is 9.97 Å². The van der Waals surface area contributed by atoms with E-state index in [1.165, 1.54) is 15.8 Å². The highest BCUT2D eigenvalue weighted by molar-refractivity contribution is 6.03. The number of fused-ring (bicyclic) bond motifs is 1. The van der Waals surface area contributed by atoms with Gasteiger partial charge in [-0.15, -0.1) is 0 Å². The molecule has 1 aliphatic rings. The van der Waals surface area contributed by atoms with E-state index in [0.717, 1.165) is 0 Å². The van der Waals surface area contributed by atoms with Gasteiger partial charge >= 0.3 is 0 Å². The Labute approximate surface area is 166 Å². The third-order valence-electron chi connectivity index (χ3n) is 4.87. The standard InChI is InChI=1S/C20H18N6O3/c1-25-9-8-20(29,19(25)28)7-6-12-4-3-5-13(10-12)17-23-15(16(21)27)14-11-22-26(2)18(14)24-17/h3-5,10-11,29H,8-9H2,1-2H3,(H2,21,27). The van der Waals surface area contributed by atoms with Crippen molar-refractivity contribution in [1.29, 1.82) is 0 Å². The number of hydrogen-bond acceptors (Lipinski definition) is 6. The van der Waals surface area contributed by atoms with Crippen LogP contribution in [-0.4, -0.2) is 60.8 Å². The maximum absolute atomic E-state index is 12.1. The third-order valence-corrected chi connectivity index (χ3v) is 4.87. The first kappa shape index (κ1) is 18.6. The van der Waals surface area contributed by atoms with Crippen molar-refractivity contribution in [1.82, 2.24) is 24.6 Å². The van der Waals surface area contributed by atoms with Crippen molar-refractivity contribution < 1.29 is 14.7 Å². The number of hydrogen-bond donors (Lipinski definition) is 2. The van der Waals surface area contributed by atoms with Gasteiger partial charge in [0.25, 0.3) is 11.8 Å². The van der Waals surface area contributed by atoms with Gasteiger partial charge in [0.05, 0.1) is 11.6 Å². The first-order valence-electron chi connectivity index (χ1n) is 8.89. The number of aryl methyl sites for hydroxylation is 1. The number of rotatable bonds is 2.